The number of ketones is 1. The van der Waals surface area contributed by atoms with E-state index in [1.165, 1.54) is 16.0 Å². The highest BCUT2D eigenvalue weighted by Crippen LogP contribution is 2.13. The summed E-state index contributed by atoms with van der Waals surface area (Å²) in [6, 6.07) is 7.28. The minimum absolute atomic E-state index is 0.00620. The fourth-order valence-corrected chi connectivity index (χ4v) is 2.50. The van der Waals surface area contributed by atoms with Crippen LogP contribution in [0.5, 0.6) is 0 Å². The summed E-state index contributed by atoms with van der Waals surface area (Å²) in [5, 5.41) is 5.57. The topological polar surface area (TPSA) is 59.9 Å². The van der Waals surface area contributed by atoms with Gasteiger partial charge in [0.15, 0.2) is 6.54 Å². The van der Waals surface area contributed by atoms with E-state index in [0.29, 0.717) is 10.7 Å². The number of hydrogen-bond acceptors (Lipinski definition) is 4. The van der Waals surface area contributed by atoms with Gasteiger partial charge in [-0.05, 0) is 30.4 Å². The number of nitrogen functional groups attached to an aromatic ring is 1. The molecule has 2 rings (SSSR count). The monoisotopic (exact) mass is 312 g/mol. The summed E-state index contributed by atoms with van der Waals surface area (Å²) in [4.78, 5) is 12.0. The highest BCUT2D eigenvalue weighted by Gasteiger charge is 2.16. The highest BCUT2D eigenvalue weighted by atomic mass is 79.9. The Kier molecular flexibility index (Phi) is 3.54. The molecule has 1 heterocycles. The van der Waals surface area contributed by atoms with E-state index < -0.39 is 0 Å². The largest absolute Gasteiger partial charge is 0.354 e. The zero-order valence-electron chi connectivity index (χ0n) is 9.18. The Hall–Kier alpha value is -1.27. The van der Waals surface area contributed by atoms with Crippen LogP contribution in [0, 0.1) is 6.92 Å². The molecule has 88 valence electrons. The summed E-state index contributed by atoms with van der Waals surface area (Å²) in [6.45, 7) is 2.04. The maximum Gasteiger partial charge on any atom is 0.354 e. The van der Waals surface area contributed by atoms with Gasteiger partial charge in [-0.3, -0.25) is 10.5 Å². The number of rotatable bonds is 3. The lowest BCUT2D eigenvalue weighted by Crippen LogP contribution is -2.41. The summed E-state index contributed by atoms with van der Waals surface area (Å²) < 4.78 is 2.42. The van der Waals surface area contributed by atoms with Gasteiger partial charge in [0.2, 0.25) is 5.78 Å². The fourth-order valence-electron chi connectivity index (χ4n) is 1.45. The first-order chi connectivity index (χ1) is 8.06. The molecule has 6 heteroatoms. The Balaban J connectivity index is 2.20. The molecule has 0 radical (unpaired) electrons. The van der Waals surface area contributed by atoms with Gasteiger partial charge in [-0.15, -0.1) is 4.68 Å². The van der Waals surface area contributed by atoms with Gasteiger partial charge in [-0.2, -0.15) is 0 Å². The van der Waals surface area contributed by atoms with E-state index in [1.54, 1.807) is 12.1 Å². The van der Waals surface area contributed by atoms with Crippen molar-refractivity contribution < 1.29 is 9.48 Å². The van der Waals surface area contributed by atoms with Crippen molar-refractivity contribution in [1.29, 1.82) is 0 Å². The molecule has 0 saturated heterocycles. The van der Waals surface area contributed by atoms with Crippen molar-refractivity contribution in [3.05, 3.63) is 39.3 Å². The van der Waals surface area contributed by atoms with Gasteiger partial charge in [0, 0.05) is 10.0 Å². The van der Waals surface area contributed by atoms with E-state index in [0.717, 1.165) is 9.48 Å². The number of anilines is 1. The van der Waals surface area contributed by atoms with Crippen molar-refractivity contribution >= 4 is 38.2 Å². The van der Waals surface area contributed by atoms with Gasteiger partial charge in [0.05, 0.1) is 0 Å². The van der Waals surface area contributed by atoms with Crippen molar-refractivity contribution in [3.8, 4) is 0 Å². The molecule has 1 aromatic heterocycles. The van der Waals surface area contributed by atoms with Crippen LogP contribution in [0.15, 0.2) is 28.7 Å². The number of nitrogens with two attached hydrogens (primary N) is 1. The van der Waals surface area contributed by atoms with Crippen LogP contribution in [0.3, 0.4) is 0 Å². The second-order valence-corrected chi connectivity index (χ2v) is 5.68. The SMILES string of the molecule is Cc1n[n+](CC(=O)c2cccc(Br)c2)c(N)s1. The number of carbonyl (C=O) groups is 1. The zero-order chi connectivity index (χ0) is 12.4. The maximum atomic E-state index is 12.0. The zero-order valence-corrected chi connectivity index (χ0v) is 11.6. The van der Waals surface area contributed by atoms with Crippen LogP contribution in [0.25, 0.3) is 0 Å². The normalized spacial score (nSPS) is 10.5. The molecule has 4 nitrogen and oxygen atoms in total. The molecule has 2 N–H and O–H groups in total. The molecule has 0 unspecified atom stereocenters. The average molecular weight is 313 g/mol. The van der Waals surface area contributed by atoms with Crippen LogP contribution in [-0.2, 0) is 6.54 Å². The molecule has 2 aromatic rings. The predicted octanol–water partition coefficient (Wildman–Crippen LogP) is 1.97. The Morgan fingerprint density at radius 3 is 2.94 bits per heavy atom. The van der Waals surface area contributed by atoms with E-state index in [4.69, 9.17) is 5.73 Å². The predicted molar refractivity (Wildman–Crippen MR) is 69.9 cm³/mol. The van der Waals surface area contributed by atoms with Gasteiger partial charge >= 0.3 is 5.13 Å². The summed E-state index contributed by atoms with van der Waals surface area (Å²) in [5.74, 6) is -0.00620. The molecule has 0 aliphatic heterocycles. The van der Waals surface area contributed by atoms with Gasteiger partial charge in [-0.1, -0.05) is 33.2 Å². The summed E-state index contributed by atoms with van der Waals surface area (Å²) in [7, 11) is 0. The number of nitrogens with zero attached hydrogens (tertiary/aromatic N) is 2. The first kappa shape index (κ1) is 12.2. The number of Topliss-reactive ketones (excluding diaryl/α,β-unsaturated/α-hetero) is 1. The third kappa shape index (κ3) is 2.89. The van der Waals surface area contributed by atoms with Crippen molar-refractivity contribution in [3.63, 3.8) is 0 Å². The average Bonchev–Trinajstić information content (AvgIpc) is 2.57. The van der Waals surface area contributed by atoms with Crippen LogP contribution in [0.1, 0.15) is 15.4 Å². The smallest absolute Gasteiger partial charge is 0.290 e. The number of halogens is 1. The van der Waals surface area contributed by atoms with E-state index in [9.17, 15) is 4.79 Å². The molecule has 0 saturated carbocycles. The summed E-state index contributed by atoms with van der Waals surface area (Å²) in [5.41, 5.74) is 6.41. The third-order valence-corrected chi connectivity index (χ3v) is 3.50. The van der Waals surface area contributed by atoms with Crippen LogP contribution in [-0.4, -0.2) is 10.9 Å². The number of hydrogen-bond donors (Lipinski definition) is 1. The molecule has 17 heavy (non-hydrogen) atoms. The van der Waals surface area contributed by atoms with Crippen LogP contribution in [0.2, 0.25) is 0 Å². The van der Waals surface area contributed by atoms with E-state index in [-0.39, 0.29) is 12.3 Å². The van der Waals surface area contributed by atoms with Crippen LogP contribution < -0.4 is 10.4 Å². The quantitative estimate of drug-likeness (QED) is 0.696. The van der Waals surface area contributed by atoms with Gasteiger partial charge in [0.25, 0.3) is 0 Å². The third-order valence-electron chi connectivity index (χ3n) is 2.21. The Labute approximate surface area is 111 Å². The lowest BCUT2D eigenvalue weighted by molar-refractivity contribution is -0.723. The number of aryl methyl sites for hydroxylation is 1. The molecule has 1 aromatic carbocycles. The summed E-state index contributed by atoms with van der Waals surface area (Å²) in [6.07, 6.45) is 0. The Bertz CT molecular complexity index is 568. The molecule has 0 bridgehead atoms. The first-order valence-corrected chi connectivity index (χ1v) is 6.59. The van der Waals surface area contributed by atoms with Gasteiger partial charge in [0.1, 0.15) is 5.01 Å². The number of aromatic nitrogens is 2. The van der Waals surface area contributed by atoms with E-state index >= 15 is 0 Å². The van der Waals surface area contributed by atoms with Crippen LogP contribution >= 0.6 is 27.3 Å². The van der Waals surface area contributed by atoms with E-state index in [1.807, 2.05) is 19.1 Å². The van der Waals surface area contributed by atoms with Crippen molar-refractivity contribution in [2.24, 2.45) is 0 Å². The maximum absolute atomic E-state index is 12.0. The standard InChI is InChI=1S/C11H10BrN3OS/c1-7-14-15(11(13)17-7)6-10(16)8-3-2-4-9(12)5-8/h2-5,13H,6H2,1H3/p+1. The molecule has 0 aliphatic rings. The second kappa shape index (κ2) is 4.93. The molecule has 0 aliphatic carbocycles. The minimum atomic E-state index is -0.00620. The lowest BCUT2D eigenvalue weighted by Gasteiger charge is -1.98. The van der Waals surface area contributed by atoms with Gasteiger partial charge < -0.3 is 0 Å². The second-order valence-electron chi connectivity index (χ2n) is 3.55. The van der Waals surface area contributed by atoms with Crippen molar-refractivity contribution in [1.82, 2.24) is 5.10 Å². The number of benzene rings is 1. The minimum Gasteiger partial charge on any atom is -0.290 e. The first-order valence-electron chi connectivity index (χ1n) is 4.98. The van der Waals surface area contributed by atoms with Crippen molar-refractivity contribution in [2.75, 3.05) is 5.73 Å². The Morgan fingerprint density at radius 1 is 1.59 bits per heavy atom. The Morgan fingerprint density at radius 2 is 2.35 bits per heavy atom. The molecule has 0 spiro atoms. The lowest BCUT2D eigenvalue weighted by atomic mass is 10.1. The fraction of sp³-hybridized carbons (Fsp3) is 0.182. The molecule has 0 atom stereocenters. The van der Waals surface area contributed by atoms with Crippen LogP contribution in [0.4, 0.5) is 5.13 Å². The van der Waals surface area contributed by atoms with Gasteiger partial charge in [-0.25, -0.2) is 0 Å². The summed E-state index contributed by atoms with van der Waals surface area (Å²) >= 11 is 4.71. The number of carbonyl (C=O) groups excluding carboxylic acids is 1. The van der Waals surface area contributed by atoms with Crippen molar-refractivity contribution in [2.45, 2.75) is 13.5 Å². The molecule has 0 amide bonds. The molecular formula is C11H11BrN3OS+. The van der Waals surface area contributed by atoms with E-state index in [2.05, 4.69) is 21.0 Å². The molecular weight excluding hydrogens is 302 g/mol. The molecule has 0 fully saturated rings. The highest BCUT2D eigenvalue weighted by molar-refractivity contribution is 9.10.